The van der Waals surface area contributed by atoms with Crippen molar-refractivity contribution in [3.63, 3.8) is 0 Å². The van der Waals surface area contributed by atoms with Crippen molar-refractivity contribution in [2.75, 3.05) is 6.26 Å². The van der Waals surface area contributed by atoms with E-state index < -0.39 is 22.0 Å². The zero-order valence-corrected chi connectivity index (χ0v) is 10.5. The lowest BCUT2D eigenvalue weighted by molar-refractivity contribution is -0.0596. The summed E-state index contributed by atoms with van der Waals surface area (Å²) in [6.45, 7) is -0.321. The van der Waals surface area contributed by atoms with Crippen LogP contribution in [0.25, 0.3) is 0 Å². The molecule has 5 nitrogen and oxygen atoms in total. The molecule has 0 aromatic heterocycles. The van der Waals surface area contributed by atoms with Crippen molar-refractivity contribution in [3.8, 4) is 0 Å². The Balaban J connectivity index is 3.17. The number of hydrogen-bond acceptors (Lipinski definition) is 5. The number of halogens is 3. The summed E-state index contributed by atoms with van der Waals surface area (Å²) >= 11 is 0. The van der Waals surface area contributed by atoms with Crippen LogP contribution in [0.15, 0.2) is 29.4 Å². The molecule has 0 atom stereocenters. The van der Waals surface area contributed by atoms with E-state index in [1.165, 1.54) is 12.1 Å². The molecule has 0 bridgehead atoms. The first-order valence-electron chi connectivity index (χ1n) is 4.87. The van der Waals surface area contributed by atoms with E-state index in [0.717, 1.165) is 12.1 Å². The van der Waals surface area contributed by atoms with Gasteiger partial charge in [0.1, 0.15) is 0 Å². The molecule has 1 aromatic carbocycles. The first kappa shape index (κ1) is 15.4. The molecule has 1 aromatic rings. The molecule has 0 fully saturated rings. The quantitative estimate of drug-likeness (QED) is 0.673. The summed E-state index contributed by atoms with van der Waals surface area (Å²) in [5.74, 6) is 0. The van der Waals surface area contributed by atoms with E-state index in [1.807, 2.05) is 0 Å². The summed E-state index contributed by atoms with van der Waals surface area (Å²) in [6, 6.07) is 4.64. The van der Waals surface area contributed by atoms with Crippen LogP contribution in [0.1, 0.15) is 11.1 Å². The zero-order valence-electron chi connectivity index (χ0n) is 9.68. The highest BCUT2D eigenvalue weighted by molar-refractivity contribution is 7.85. The molecule has 0 saturated carbocycles. The van der Waals surface area contributed by atoms with Crippen LogP contribution >= 0.6 is 0 Å². The number of oxime groups is 1. The Morgan fingerprint density at radius 2 is 1.84 bits per heavy atom. The standard InChI is InChI=1S/C10H10F3NO4S/c1-19(16,17)18-14-9(10(11,12)13)8-4-2-7(6-15)3-5-8/h2-5,15H,6H2,1H3. The van der Waals surface area contributed by atoms with Crippen LogP contribution in [0.2, 0.25) is 0 Å². The van der Waals surface area contributed by atoms with Gasteiger partial charge in [-0.05, 0) is 5.56 Å². The molecule has 19 heavy (non-hydrogen) atoms. The third kappa shape index (κ3) is 4.87. The monoisotopic (exact) mass is 297 g/mol. The average Bonchev–Trinajstić information content (AvgIpc) is 2.26. The van der Waals surface area contributed by atoms with Crippen LogP contribution in [-0.4, -0.2) is 31.7 Å². The molecule has 0 saturated heterocycles. The maximum atomic E-state index is 12.7. The van der Waals surface area contributed by atoms with E-state index in [2.05, 4.69) is 9.44 Å². The van der Waals surface area contributed by atoms with E-state index in [1.54, 1.807) is 0 Å². The second-order valence-electron chi connectivity index (χ2n) is 3.57. The van der Waals surface area contributed by atoms with Crippen molar-refractivity contribution < 1.29 is 31.0 Å². The predicted octanol–water partition coefficient (Wildman–Crippen LogP) is 1.42. The van der Waals surface area contributed by atoms with Crippen LogP contribution in [0.4, 0.5) is 13.2 Å². The number of nitrogens with zero attached hydrogens (tertiary/aromatic N) is 1. The normalized spacial score (nSPS) is 13.4. The summed E-state index contributed by atoms with van der Waals surface area (Å²) < 4.78 is 63.3. The van der Waals surface area contributed by atoms with Gasteiger partial charge in [0.15, 0.2) is 5.71 Å². The Morgan fingerprint density at radius 1 is 1.32 bits per heavy atom. The maximum Gasteiger partial charge on any atom is 0.437 e. The van der Waals surface area contributed by atoms with Crippen molar-refractivity contribution in [3.05, 3.63) is 35.4 Å². The lowest BCUT2D eigenvalue weighted by Gasteiger charge is -2.10. The lowest BCUT2D eigenvalue weighted by atomic mass is 10.1. The molecular weight excluding hydrogens is 287 g/mol. The molecule has 0 heterocycles. The number of benzene rings is 1. The predicted molar refractivity (Wildman–Crippen MR) is 60.9 cm³/mol. The van der Waals surface area contributed by atoms with Gasteiger partial charge < -0.3 is 5.11 Å². The summed E-state index contributed by atoms with van der Waals surface area (Å²) in [5.41, 5.74) is -1.43. The fraction of sp³-hybridized carbons (Fsp3) is 0.300. The molecule has 1 rings (SSSR count). The Bertz CT molecular complexity index is 563. The number of aliphatic hydroxyl groups excluding tert-OH is 1. The third-order valence-corrected chi connectivity index (χ3v) is 2.29. The SMILES string of the molecule is CS(=O)(=O)ON=C(c1ccc(CO)cc1)C(F)(F)F. The highest BCUT2D eigenvalue weighted by atomic mass is 32.2. The molecular formula is C10H10F3NO4S. The topological polar surface area (TPSA) is 76.0 Å². The van der Waals surface area contributed by atoms with Gasteiger partial charge in [0.25, 0.3) is 0 Å². The van der Waals surface area contributed by atoms with Crippen molar-refractivity contribution >= 4 is 15.8 Å². The number of alkyl halides is 3. The average molecular weight is 297 g/mol. The van der Waals surface area contributed by atoms with E-state index in [4.69, 9.17) is 5.11 Å². The number of hydrogen-bond donors (Lipinski definition) is 1. The summed E-state index contributed by atoms with van der Waals surface area (Å²) in [6.07, 6.45) is -4.29. The van der Waals surface area contributed by atoms with Crippen LogP contribution < -0.4 is 0 Å². The molecule has 0 aliphatic rings. The fourth-order valence-electron chi connectivity index (χ4n) is 1.14. The molecule has 0 unspecified atom stereocenters. The third-order valence-electron chi connectivity index (χ3n) is 1.94. The Labute approximate surface area is 107 Å². The van der Waals surface area contributed by atoms with Gasteiger partial charge in [0, 0.05) is 5.56 Å². The molecule has 0 aliphatic heterocycles. The van der Waals surface area contributed by atoms with E-state index >= 15 is 0 Å². The van der Waals surface area contributed by atoms with Gasteiger partial charge in [0.2, 0.25) is 0 Å². The van der Waals surface area contributed by atoms with Crippen LogP contribution in [0.5, 0.6) is 0 Å². The summed E-state index contributed by atoms with van der Waals surface area (Å²) in [7, 11) is -4.13. The van der Waals surface area contributed by atoms with Gasteiger partial charge in [-0.1, -0.05) is 29.4 Å². The first-order valence-corrected chi connectivity index (χ1v) is 6.69. The van der Waals surface area contributed by atoms with Gasteiger partial charge >= 0.3 is 16.3 Å². The van der Waals surface area contributed by atoms with Crippen molar-refractivity contribution in [1.29, 1.82) is 0 Å². The first-order chi connectivity index (χ1) is 8.63. The second kappa shape index (κ2) is 5.57. The maximum absolute atomic E-state index is 12.7. The minimum atomic E-state index is -4.87. The Morgan fingerprint density at radius 3 is 2.21 bits per heavy atom. The van der Waals surface area contributed by atoms with E-state index in [0.29, 0.717) is 11.8 Å². The van der Waals surface area contributed by atoms with E-state index in [-0.39, 0.29) is 12.2 Å². The Hall–Kier alpha value is -1.61. The van der Waals surface area contributed by atoms with Gasteiger partial charge in [-0.2, -0.15) is 21.6 Å². The van der Waals surface area contributed by atoms with Crippen LogP contribution in [0.3, 0.4) is 0 Å². The summed E-state index contributed by atoms with van der Waals surface area (Å²) in [4.78, 5) is 0. The Kier molecular flexibility index (Phi) is 4.53. The molecule has 9 heteroatoms. The molecule has 0 amide bonds. The second-order valence-corrected chi connectivity index (χ2v) is 5.13. The molecule has 106 valence electrons. The highest BCUT2D eigenvalue weighted by Gasteiger charge is 2.38. The van der Waals surface area contributed by atoms with Gasteiger partial charge in [0.05, 0.1) is 12.9 Å². The van der Waals surface area contributed by atoms with Gasteiger partial charge in [-0.15, -0.1) is 0 Å². The smallest absolute Gasteiger partial charge is 0.392 e. The molecule has 0 spiro atoms. The number of rotatable bonds is 4. The number of aliphatic hydroxyl groups is 1. The fourth-order valence-corrected chi connectivity index (χ4v) is 1.35. The largest absolute Gasteiger partial charge is 0.437 e. The lowest BCUT2D eigenvalue weighted by Crippen LogP contribution is -2.24. The zero-order chi connectivity index (χ0) is 14.7. The molecule has 1 N–H and O–H groups in total. The summed E-state index contributed by atoms with van der Waals surface area (Å²) in [5, 5.41) is 11.4. The molecule has 0 aliphatic carbocycles. The van der Waals surface area contributed by atoms with Gasteiger partial charge in [-0.3, -0.25) is 4.28 Å². The minimum Gasteiger partial charge on any atom is -0.392 e. The minimum absolute atomic E-state index is 0.321. The van der Waals surface area contributed by atoms with Crippen molar-refractivity contribution in [1.82, 2.24) is 0 Å². The van der Waals surface area contributed by atoms with E-state index in [9.17, 15) is 21.6 Å². The van der Waals surface area contributed by atoms with Crippen molar-refractivity contribution in [2.24, 2.45) is 5.16 Å². The molecule has 0 radical (unpaired) electrons. The van der Waals surface area contributed by atoms with Crippen molar-refractivity contribution in [2.45, 2.75) is 12.8 Å². The highest BCUT2D eigenvalue weighted by Crippen LogP contribution is 2.23. The van der Waals surface area contributed by atoms with Crippen LogP contribution in [0, 0.1) is 0 Å². The van der Waals surface area contributed by atoms with Gasteiger partial charge in [-0.25, -0.2) is 0 Å². The van der Waals surface area contributed by atoms with Crippen LogP contribution in [-0.2, 0) is 21.0 Å².